The van der Waals surface area contributed by atoms with Gasteiger partial charge in [0.15, 0.2) is 0 Å². The Bertz CT molecular complexity index is 537. The van der Waals surface area contributed by atoms with Crippen molar-refractivity contribution in [2.45, 2.75) is 51.4 Å². The van der Waals surface area contributed by atoms with Crippen LogP contribution in [0.2, 0.25) is 0 Å². The molecule has 0 saturated heterocycles. The molecule has 1 aromatic heterocycles. The molecule has 1 N–H and O–H groups in total. The minimum absolute atomic E-state index is 0.103. The summed E-state index contributed by atoms with van der Waals surface area (Å²) in [5.41, 5.74) is 1.94. The number of nitrogens with zero attached hydrogens (tertiary/aromatic N) is 1. The maximum atomic E-state index is 11.9. The van der Waals surface area contributed by atoms with Crippen LogP contribution in [-0.4, -0.2) is 5.91 Å². The van der Waals surface area contributed by atoms with Crippen LogP contribution >= 0.6 is 11.3 Å². The van der Waals surface area contributed by atoms with Gasteiger partial charge in [-0.05, 0) is 44.1 Å². The van der Waals surface area contributed by atoms with E-state index >= 15 is 0 Å². The highest BCUT2D eigenvalue weighted by Gasteiger charge is 2.31. The van der Waals surface area contributed by atoms with E-state index in [4.69, 9.17) is 0 Å². The number of hydrogen-bond acceptors (Lipinski definition) is 3. The van der Waals surface area contributed by atoms with Crippen LogP contribution in [0.3, 0.4) is 0 Å². The maximum absolute atomic E-state index is 11.9. The number of hydrogen-bond donors (Lipinski definition) is 1. The van der Waals surface area contributed by atoms with E-state index in [2.05, 4.69) is 11.4 Å². The number of nitrogens with one attached hydrogen (secondary N) is 1. The maximum Gasteiger partial charge on any atom is 0.228 e. The third-order valence-electron chi connectivity index (χ3n) is 3.97. The first-order valence-electron chi connectivity index (χ1n) is 7.15. The van der Waals surface area contributed by atoms with Crippen LogP contribution in [0, 0.1) is 17.2 Å². The zero-order chi connectivity index (χ0) is 13.2. The van der Waals surface area contributed by atoms with E-state index in [9.17, 15) is 10.1 Å². The predicted octanol–water partition coefficient (Wildman–Crippen LogP) is 3.63. The first-order chi connectivity index (χ1) is 9.29. The van der Waals surface area contributed by atoms with Gasteiger partial charge in [-0.1, -0.05) is 12.8 Å². The summed E-state index contributed by atoms with van der Waals surface area (Å²) >= 11 is 1.63. The van der Waals surface area contributed by atoms with Gasteiger partial charge < -0.3 is 5.32 Å². The summed E-state index contributed by atoms with van der Waals surface area (Å²) in [5, 5.41) is 13.2. The molecule has 0 spiro atoms. The number of rotatable bonds is 2. The fourth-order valence-corrected chi connectivity index (χ4v) is 3.93. The molecule has 1 heterocycles. The Morgan fingerprint density at radius 3 is 2.63 bits per heavy atom. The van der Waals surface area contributed by atoms with Crippen molar-refractivity contribution >= 4 is 22.2 Å². The first-order valence-corrected chi connectivity index (χ1v) is 7.96. The van der Waals surface area contributed by atoms with Gasteiger partial charge in [0.1, 0.15) is 11.1 Å². The smallest absolute Gasteiger partial charge is 0.228 e. The van der Waals surface area contributed by atoms with Crippen molar-refractivity contribution in [3.8, 4) is 6.07 Å². The molecule has 2 aliphatic carbocycles. The highest BCUT2D eigenvalue weighted by Crippen LogP contribution is 2.38. The number of fused-ring (bicyclic) bond motifs is 1. The highest BCUT2D eigenvalue weighted by molar-refractivity contribution is 7.16. The molecule has 0 bridgehead atoms. The summed E-state index contributed by atoms with van der Waals surface area (Å²) in [5.74, 6) is 0.293. The molecule has 1 amide bonds. The summed E-state index contributed by atoms with van der Waals surface area (Å²) < 4.78 is 0. The number of anilines is 1. The molecule has 19 heavy (non-hydrogen) atoms. The van der Waals surface area contributed by atoms with Crippen molar-refractivity contribution in [1.29, 1.82) is 5.26 Å². The molecule has 1 fully saturated rings. The van der Waals surface area contributed by atoms with Crippen molar-refractivity contribution < 1.29 is 4.79 Å². The number of carbonyl (C=O) groups excluding carboxylic acids is 1. The van der Waals surface area contributed by atoms with Crippen LogP contribution in [0.4, 0.5) is 5.00 Å². The Kier molecular flexibility index (Phi) is 3.56. The van der Waals surface area contributed by atoms with Crippen molar-refractivity contribution in [3.05, 3.63) is 16.0 Å². The molecule has 0 unspecified atom stereocenters. The Hall–Kier alpha value is -1.34. The zero-order valence-electron chi connectivity index (χ0n) is 11.0. The van der Waals surface area contributed by atoms with Crippen molar-refractivity contribution in [3.63, 3.8) is 0 Å². The van der Waals surface area contributed by atoms with E-state index < -0.39 is 0 Å². The Morgan fingerprint density at radius 1 is 1.21 bits per heavy atom. The molecule has 0 radical (unpaired) electrons. The third-order valence-corrected chi connectivity index (χ3v) is 5.18. The van der Waals surface area contributed by atoms with Gasteiger partial charge in [0.25, 0.3) is 0 Å². The van der Waals surface area contributed by atoms with E-state index in [1.54, 1.807) is 11.3 Å². The number of carbonyl (C=O) groups is 1. The standard InChI is InChI=1S/C15H18N2OS/c16-9-12-11-5-3-1-2-4-6-13(11)19-15(12)17-14(18)10-7-8-10/h10H,1-8H2,(H,17,18). The second-order valence-corrected chi connectivity index (χ2v) is 6.60. The fourth-order valence-electron chi connectivity index (χ4n) is 2.69. The monoisotopic (exact) mass is 274 g/mol. The molecular formula is C15H18N2OS. The largest absolute Gasteiger partial charge is 0.316 e. The summed E-state index contributed by atoms with van der Waals surface area (Å²) in [6.45, 7) is 0. The summed E-state index contributed by atoms with van der Waals surface area (Å²) in [6, 6.07) is 2.31. The lowest BCUT2D eigenvalue weighted by Crippen LogP contribution is -2.13. The lowest BCUT2D eigenvalue weighted by Gasteiger charge is -2.08. The van der Waals surface area contributed by atoms with Crippen LogP contribution in [0.5, 0.6) is 0 Å². The quantitative estimate of drug-likeness (QED) is 0.895. The average molecular weight is 274 g/mol. The summed E-state index contributed by atoms with van der Waals surface area (Å²) in [6.07, 6.45) is 8.95. The van der Waals surface area contributed by atoms with Crippen molar-refractivity contribution in [1.82, 2.24) is 0 Å². The van der Waals surface area contributed by atoms with Crippen LogP contribution < -0.4 is 5.32 Å². The van der Waals surface area contributed by atoms with Crippen LogP contribution in [0.25, 0.3) is 0 Å². The molecule has 0 atom stereocenters. The Morgan fingerprint density at radius 2 is 1.95 bits per heavy atom. The molecular weight excluding hydrogens is 256 g/mol. The first kappa shape index (κ1) is 12.7. The van der Waals surface area contributed by atoms with Gasteiger partial charge in [0, 0.05) is 10.8 Å². The molecule has 4 heteroatoms. The lowest BCUT2D eigenvalue weighted by molar-refractivity contribution is -0.117. The van der Waals surface area contributed by atoms with Gasteiger partial charge in [0.2, 0.25) is 5.91 Å². The van der Waals surface area contributed by atoms with Gasteiger partial charge in [0.05, 0.1) is 5.56 Å². The molecule has 0 aromatic carbocycles. The number of aryl methyl sites for hydroxylation is 1. The summed E-state index contributed by atoms with van der Waals surface area (Å²) in [4.78, 5) is 13.2. The van der Waals surface area contributed by atoms with Gasteiger partial charge in [-0.2, -0.15) is 5.26 Å². The summed E-state index contributed by atoms with van der Waals surface area (Å²) in [7, 11) is 0. The van der Waals surface area contributed by atoms with Gasteiger partial charge >= 0.3 is 0 Å². The minimum atomic E-state index is 0.103. The van der Waals surface area contributed by atoms with Gasteiger partial charge in [-0.15, -0.1) is 11.3 Å². The van der Waals surface area contributed by atoms with E-state index in [1.165, 1.54) is 29.7 Å². The molecule has 1 aromatic rings. The predicted molar refractivity (Wildman–Crippen MR) is 76.3 cm³/mol. The van der Waals surface area contributed by atoms with Crippen LogP contribution in [0.1, 0.15) is 54.5 Å². The normalized spacial score (nSPS) is 18.9. The number of nitriles is 1. The minimum Gasteiger partial charge on any atom is -0.316 e. The van der Waals surface area contributed by atoms with Gasteiger partial charge in [-0.25, -0.2) is 0 Å². The lowest BCUT2D eigenvalue weighted by atomic mass is 9.97. The van der Waals surface area contributed by atoms with E-state index in [-0.39, 0.29) is 11.8 Å². The van der Waals surface area contributed by atoms with Crippen molar-refractivity contribution in [2.75, 3.05) is 5.32 Å². The molecule has 3 rings (SSSR count). The highest BCUT2D eigenvalue weighted by atomic mass is 32.1. The molecule has 3 nitrogen and oxygen atoms in total. The molecule has 1 saturated carbocycles. The molecule has 0 aliphatic heterocycles. The topological polar surface area (TPSA) is 52.9 Å². The fraction of sp³-hybridized carbons (Fsp3) is 0.600. The zero-order valence-corrected chi connectivity index (χ0v) is 11.8. The Labute approximate surface area is 117 Å². The second-order valence-electron chi connectivity index (χ2n) is 5.50. The SMILES string of the molecule is N#Cc1c(NC(=O)C2CC2)sc2c1CCCCCC2. The van der Waals surface area contributed by atoms with E-state index in [0.29, 0.717) is 0 Å². The molecule has 2 aliphatic rings. The van der Waals surface area contributed by atoms with E-state index in [0.717, 1.165) is 42.7 Å². The van der Waals surface area contributed by atoms with Crippen LogP contribution in [0.15, 0.2) is 0 Å². The molecule has 100 valence electrons. The van der Waals surface area contributed by atoms with Gasteiger partial charge in [-0.3, -0.25) is 4.79 Å². The Balaban J connectivity index is 1.88. The van der Waals surface area contributed by atoms with E-state index in [1.807, 2.05) is 0 Å². The number of amides is 1. The average Bonchev–Trinajstić information content (AvgIpc) is 3.16. The second kappa shape index (κ2) is 5.34. The number of thiophene rings is 1. The van der Waals surface area contributed by atoms with Crippen LogP contribution in [-0.2, 0) is 17.6 Å². The van der Waals surface area contributed by atoms with Crippen molar-refractivity contribution in [2.24, 2.45) is 5.92 Å². The third kappa shape index (κ3) is 2.66.